The molecule has 0 bridgehead atoms. The van der Waals surface area contributed by atoms with Gasteiger partial charge in [-0.1, -0.05) is 6.42 Å². The number of hydrogen-bond donors (Lipinski definition) is 1. The summed E-state index contributed by atoms with van der Waals surface area (Å²) in [5.74, 6) is -0.728. The number of carboxylic acids is 1. The molecule has 1 fully saturated rings. The first kappa shape index (κ1) is 9.18. The Balaban J connectivity index is 2.32. The molecular weight excluding hydrogens is 182 g/mol. The van der Waals surface area contributed by atoms with Crippen LogP contribution in [0.2, 0.25) is 0 Å². The average molecular weight is 195 g/mol. The van der Waals surface area contributed by atoms with Crippen molar-refractivity contribution in [1.82, 2.24) is 14.8 Å². The van der Waals surface area contributed by atoms with Crippen molar-refractivity contribution in [3.8, 4) is 0 Å². The predicted octanol–water partition coefficient (Wildman–Crippen LogP) is 1.09. The molecule has 1 aliphatic carbocycles. The third-order valence-electron chi connectivity index (χ3n) is 3.19. The summed E-state index contributed by atoms with van der Waals surface area (Å²) in [5, 5.41) is 16.6. The molecule has 1 saturated carbocycles. The summed E-state index contributed by atoms with van der Waals surface area (Å²) >= 11 is 0. The maximum Gasteiger partial charge on any atom is 0.311 e. The van der Waals surface area contributed by atoms with Crippen molar-refractivity contribution in [3.63, 3.8) is 0 Å². The minimum Gasteiger partial charge on any atom is -0.481 e. The van der Waals surface area contributed by atoms with Gasteiger partial charge >= 0.3 is 5.97 Å². The van der Waals surface area contributed by atoms with E-state index in [-0.39, 0.29) is 6.04 Å². The lowest BCUT2D eigenvalue weighted by atomic mass is 9.85. The first-order valence-corrected chi connectivity index (χ1v) is 4.72. The molecule has 0 aromatic carbocycles. The van der Waals surface area contributed by atoms with E-state index in [4.69, 9.17) is 0 Å². The maximum atomic E-state index is 11.2. The van der Waals surface area contributed by atoms with Crippen LogP contribution in [-0.2, 0) is 4.79 Å². The van der Waals surface area contributed by atoms with Crippen molar-refractivity contribution in [2.75, 3.05) is 0 Å². The number of aliphatic carboxylic acids is 1. The Morgan fingerprint density at radius 1 is 1.57 bits per heavy atom. The lowest BCUT2D eigenvalue weighted by Gasteiger charge is -2.27. The third kappa shape index (κ3) is 1.20. The monoisotopic (exact) mass is 195 g/mol. The van der Waals surface area contributed by atoms with Gasteiger partial charge < -0.3 is 9.67 Å². The van der Waals surface area contributed by atoms with E-state index in [0.29, 0.717) is 0 Å². The molecule has 1 aliphatic rings. The van der Waals surface area contributed by atoms with Crippen LogP contribution in [-0.4, -0.2) is 25.8 Å². The van der Waals surface area contributed by atoms with Crippen molar-refractivity contribution >= 4 is 5.97 Å². The van der Waals surface area contributed by atoms with E-state index in [1.807, 2.05) is 0 Å². The second-order valence-electron chi connectivity index (χ2n) is 4.04. The topological polar surface area (TPSA) is 68.0 Å². The fraction of sp³-hybridized carbons (Fsp3) is 0.667. The lowest BCUT2D eigenvalue weighted by Crippen LogP contribution is -2.32. The molecule has 2 atom stereocenters. The van der Waals surface area contributed by atoms with Gasteiger partial charge in [0.15, 0.2) is 0 Å². The van der Waals surface area contributed by atoms with Crippen molar-refractivity contribution in [2.24, 2.45) is 5.41 Å². The zero-order valence-electron chi connectivity index (χ0n) is 8.05. The smallest absolute Gasteiger partial charge is 0.311 e. The molecule has 0 saturated heterocycles. The molecule has 5 nitrogen and oxygen atoms in total. The van der Waals surface area contributed by atoms with Crippen LogP contribution in [0.25, 0.3) is 0 Å². The van der Waals surface area contributed by atoms with Gasteiger partial charge in [0.1, 0.15) is 12.7 Å². The standard InChI is InChI=1S/C9H13N3O2/c1-9(8(13)14)4-2-3-7(9)12-5-10-11-6-12/h5-7H,2-4H2,1H3,(H,13,14). The second-order valence-corrected chi connectivity index (χ2v) is 4.04. The van der Waals surface area contributed by atoms with Gasteiger partial charge in [-0.25, -0.2) is 0 Å². The van der Waals surface area contributed by atoms with Crippen molar-refractivity contribution in [3.05, 3.63) is 12.7 Å². The molecule has 0 amide bonds. The molecule has 1 heterocycles. The Hall–Kier alpha value is -1.39. The zero-order chi connectivity index (χ0) is 10.2. The van der Waals surface area contributed by atoms with E-state index in [9.17, 15) is 9.90 Å². The SMILES string of the molecule is CC1(C(=O)O)CCCC1n1cnnc1. The Morgan fingerprint density at radius 3 is 2.79 bits per heavy atom. The molecule has 1 aromatic rings. The first-order chi connectivity index (χ1) is 6.64. The largest absolute Gasteiger partial charge is 0.481 e. The van der Waals surface area contributed by atoms with Crippen LogP contribution < -0.4 is 0 Å². The average Bonchev–Trinajstić information content (AvgIpc) is 2.72. The molecule has 2 rings (SSSR count). The van der Waals surface area contributed by atoms with Crippen LogP contribution in [0, 0.1) is 5.41 Å². The molecule has 76 valence electrons. The van der Waals surface area contributed by atoms with E-state index >= 15 is 0 Å². The highest BCUT2D eigenvalue weighted by Crippen LogP contribution is 2.46. The summed E-state index contributed by atoms with van der Waals surface area (Å²) in [6.07, 6.45) is 5.76. The van der Waals surface area contributed by atoms with Crippen LogP contribution in [0.5, 0.6) is 0 Å². The molecule has 0 spiro atoms. The number of nitrogens with zero attached hydrogens (tertiary/aromatic N) is 3. The minimum atomic E-state index is -0.728. The van der Waals surface area contributed by atoms with E-state index in [1.54, 1.807) is 24.1 Å². The number of carboxylic acid groups (broad SMARTS) is 1. The molecular formula is C9H13N3O2. The summed E-state index contributed by atoms with van der Waals surface area (Å²) in [5.41, 5.74) is -0.664. The van der Waals surface area contributed by atoms with Crippen molar-refractivity contribution < 1.29 is 9.90 Å². The van der Waals surface area contributed by atoms with Gasteiger partial charge in [-0.05, 0) is 19.8 Å². The Kier molecular flexibility index (Phi) is 2.02. The molecule has 1 N–H and O–H groups in total. The van der Waals surface area contributed by atoms with Crippen LogP contribution in [0.4, 0.5) is 0 Å². The summed E-state index contributed by atoms with van der Waals surface area (Å²) in [6, 6.07) is -0.00463. The highest BCUT2D eigenvalue weighted by Gasteiger charge is 2.46. The number of rotatable bonds is 2. The minimum absolute atomic E-state index is 0.00463. The normalized spacial score (nSPS) is 31.9. The Labute approximate surface area is 81.8 Å². The van der Waals surface area contributed by atoms with Gasteiger partial charge in [0, 0.05) is 0 Å². The number of carbonyl (C=O) groups is 1. The summed E-state index contributed by atoms with van der Waals surface area (Å²) in [4.78, 5) is 11.2. The van der Waals surface area contributed by atoms with E-state index in [0.717, 1.165) is 19.3 Å². The van der Waals surface area contributed by atoms with Gasteiger partial charge in [-0.2, -0.15) is 0 Å². The van der Waals surface area contributed by atoms with Crippen LogP contribution in [0.15, 0.2) is 12.7 Å². The van der Waals surface area contributed by atoms with E-state index in [1.165, 1.54) is 0 Å². The number of hydrogen-bond acceptors (Lipinski definition) is 3. The number of aromatic nitrogens is 3. The molecule has 14 heavy (non-hydrogen) atoms. The fourth-order valence-electron chi connectivity index (χ4n) is 2.25. The van der Waals surface area contributed by atoms with E-state index in [2.05, 4.69) is 10.2 Å². The quantitative estimate of drug-likeness (QED) is 0.767. The molecule has 0 aliphatic heterocycles. The molecule has 2 unspecified atom stereocenters. The molecule has 5 heteroatoms. The highest BCUT2D eigenvalue weighted by atomic mass is 16.4. The lowest BCUT2D eigenvalue weighted by molar-refractivity contribution is -0.149. The molecule has 0 radical (unpaired) electrons. The maximum absolute atomic E-state index is 11.2. The van der Waals surface area contributed by atoms with Gasteiger partial charge in [-0.3, -0.25) is 4.79 Å². The summed E-state index contributed by atoms with van der Waals surface area (Å²) < 4.78 is 1.81. The van der Waals surface area contributed by atoms with E-state index < -0.39 is 11.4 Å². The van der Waals surface area contributed by atoms with Gasteiger partial charge in [0.2, 0.25) is 0 Å². The van der Waals surface area contributed by atoms with Crippen LogP contribution in [0.1, 0.15) is 32.2 Å². The van der Waals surface area contributed by atoms with Gasteiger partial charge in [0.05, 0.1) is 11.5 Å². The Morgan fingerprint density at radius 2 is 2.21 bits per heavy atom. The fourth-order valence-corrected chi connectivity index (χ4v) is 2.25. The van der Waals surface area contributed by atoms with Crippen molar-refractivity contribution in [1.29, 1.82) is 0 Å². The van der Waals surface area contributed by atoms with Crippen LogP contribution >= 0.6 is 0 Å². The molecule has 1 aromatic heterocycles. The third-order valence-corrected chi connectivity index (χ3v) is 3.19. The highest BCUT2D eigenvalue weighted by molar-refractivity contribution is 5.75. The second kappa shape index (κ2) is 3.08. The zero-order valence-corrected chi connectivity index (χ0v) is 8.05. The summed E-state index contributed by atoms with van der Waals surface area (Å²) in [7, 11) is 0. The van der Waals surface area contributed by atoms with Crippen molar-refractivity contribution in [2.45, 2.75) is 32.2 Å². The van der Waals surface area contributed by atoms with Gasteiger partial charge in [0.25, 0.3) is 0 Å². The van der Waals surface area contributed by atoms with Crippen LogP contribution in [0.3, 0.4) is 0 Å². The summed E-state index contributed by atoms with van der Waals surface area (Å²) in [6.45, 7) is 1.80. The Bertz CT molecular complexity index is 336. The predicted molar refractivity (Wildman–Crippen MR) is 48.7 cm³/mol. The first-order valence-electron chi connectivity index (χ1n) is 4.72. The van der Waals surface area contributed by atoms with Gasteiger partial charge in [-0.15, -0.1) is 10.2 Å².